The Morgan fingerprint density at radius 2 is 1.86 bits per heavy atom. The second-order valence-electron chi connectivity index (χ2n) is 9.83. The van der Waals surface area contributed by atoms with E-state index in [0.717, 1.165) is 0 Å². The molecule has 0 aromatic heterocycles. The van der Waals surface area contributed by atoms with Crippen molar-refractivity contribution in [3.8, 4) is 0 Å². The summed E-state index contributed by atoms with van der Waals surface area (Å²) in [7, 11) is -7.89. The molecule has 0 fully saturated rings. The molecule has 4 rings (SSSR count). The van der Waals surface area contributed by atoms with Crippen LogP contribution in [0.4, 0.5) is 0 Å². The normalized spacial score (nSPS) is 18.6. The third-order valence-corrected chi connectivity index (χ3v) is 10.7. The number of ketones is 1. The van der Waals surface area contributed by atoms with Gasteiger partial charge in [0.25, 0.3) is 0 Å². The van der Waals surface area contributed by atoms with Crippen LogP contribution in [0.5, 0.6) is 0 Å². The van der Waals surface area contributed by atoms with Gasteiger partial charge in [-0.3, -0.25) is 9.80 Å². The van der Waals surface area contributed by atoms with Crippen molar-refractivity contribution >= 4 is 48.9 Å². The van der Waals surface area contributed by atoms with Gasteiger partial charge < -0.3 is 4.18 Å². The first-order chi connectivity index (χ1) is 17.1. The molecule has 12 heteroatoms. The maximum Gasteiger partial charge on any atom is 0.342 e. The molecule has 0 saturated heterocycles. The summed E-state index contributed by atoms with van der Waals surface area (Å²) in [6.07, 6.45) is 0.433. The van der Waals surface area contributed by atoms with Crippen LogP contribution in [0.15, 0.2) is 45.5 Å². The maximum atomic E-state index is 13.9. The SMILES string of the molecule is CCN1NCC(C(=O)c2cc(C)c3c(c2C)C(C)(C)CCS3(=O)=O)=C1OS(=O)(=O)c1ccc(Cl)cc1Cl. The van der Waals surface area contributed by atoms with Gasteiger partial charge in [-0.15, -0.1) is 0 Å². The van der Waals surface area contributed by atoms with Crippen LogP contribution < -0.4 is 5.43 Å². The highest BCUT2D eigenvalue weighted by Gasteiger charge is 2.40. The molecule has 2 aliphatic rings. The van der Waals surface area contributed by atoms with E-state index in [0.29, 0.717) is 35.2 Å². The van der Waals surface area contributed by atoms with Crippen LogP contribution in [0.25, 0.3) is 0 Å². The summed E-state index contributed by atoms with van der Waals surface area (Å²) in [6.45, 7) is 9.46. The predicted octanol–water partition coefficient (Wildman–Crippen LogP) is 4.71. The summed E-state index contributed by atoms with van der Waals surface area (Å²) in [5, 5.41) is 1.59. The van der Waals surface area contributed by atoms with Crippen molar-refractivity contribution in [3.05, 3.63) is 68.0 Å². The first-order valence-corrected chi connectivity index (χ1v) is 15.5. The first-order valence-electron chi connectivity index (χ1n) is 11.7. The Hall–Kier alpha value is -2.11. The number of carbonyl (C=O) groups is 1. The van der Waals surface area contributed by atoms with E-state index in [9.17, 15) is 21.6 Å². The molecule has 0 aliphatic carbocycles. The number of hydrogen-bond acceptors (Lipinski definition) is 8. The predicted molar refractivity (Wildman–Crippen MR) is 142 cm³/mol. The van der Waals surface area contributed by atoms with Crippen molar-refractivity contribution in [2.24, 2.45) is 0 Å². The smallest absolute Gasteiger partial charge is 0.342 e. The molecule has 0 saturated carbocycles. The van der Waals surface area contributed by atoms with Gasteiger partial charge in [-0.25, -0.2) is 13.8 Å². The van der Waals surface area contributed by atoms with Crippen LogP contribution in [0, 0.1) is 13.8 Å². The topological polar surface area (TPSA) is 110 Å². The molecule has 0 spiro atoms. The van der Waals surface area contributed by atoms with Crippen molar-refractivity contribution < 1.29 is 25.8 Å². The molecule has 2 aromatic rings. The minimum atomic E-state index is -4.41. The fourth-order valence-electron chi connectivity index (χ4n) is 4.96. The molecule has 0 atom stereocenters. The van der Waals surface area contributed by atoms with E-state index in [4.69, 9.17) is 27.4 Å². The fourth-order valence-corrected chi connectivity index (χ4v) is 8.95. The Kier molecular flexibility index (Phi) is 7.22. The number of halogens is 2. The van der Waals surface area contributed by atoms with E-state index in [1.807, 2.05) is 13.8 Å². The maximum absolute atomic E-state index is 13.9. The molecule has 1 N–H and O–H groups in total. The van der Waals surface area contributed by atoms with E-state index < -0.39 is 31.2 Å². The monoisotopic (exact) mass is 586 g/mol. The van der Waals surface area contributed by atoms with Crippen LogP contribution in [-0.4, -0.2) is 46.5 Å². The Morgan fingerprint density at radius 3 is 2.49 bits per heavy atom. The number of benzene rings is 2. The van der Waals surface area contributed by atoms with E-state index in [1.165, 1.54) is 23.2 Å². The number of Topliss-reactive ketones (excluding diaryl/α,β-unsaturated/α-hetero) is 1. The van der Waals surface area contributed by atoms with E-state index >= 15 is 0 Å². The lowest BCUT2D eigenvalue weighted by Crippen LogP contribution is -2.33. The molecule has 0 radical (unpaired) electrons. The van der Waals surface area contributed by atoms with Crippen LogP contribution in [0.2, 0.25) is 10.0 Å². The summed E-state index contributed by atoms with van der Waals surface area (Å²) in [5.74, 6) is -0.553. The zero-order valence-electron chi connectivity index (χ0n) is 21.1. The van der Waals surface area contributed by atoms with Gasteiger partial charge in [0.05, 0.1) is 21.2 Å². The van der Waals surface area contributed by atoms with Gasteiger partial charge in [-0.2, -0.15) is 8.42 Å². The second kappa shape index (κ2) is 9.57. The standard InChI is InChI=1S/C25H28Cl2N2O6S2/c1-6-29-24(35-37(33,34)20-8-7-16(26)12-19(20)27)18(13-28-29)22(30)17-11-14(2)23-21(15(17)3)25(4,5)9-10-36(23,31)32/h7-8,11-12,28H,6,9-10,13H2,1-5H3. The van der Waals surface area contributed by atoms with E-state index in [2.05, 4.69) is 5.43 Å². The van der Waals surface area contributed by atoms with Gasteiger partial charge in [0.2, 0.25) is 5.88 Å². The van der Waals surface area contributed by atoms with Crippen LogP contribution >= 0.6 is 23.2 Å². The Balaban J connectivity index is 1.85. The Morgan fingerprint density at radius 1 is 1.19 bits per heavy atom. The van der Waals surface area contributed by atoms with Crippen molar-refractivity contribution in [1.82, 2.24) is 10.4 Å². The molecule has 0 unspecified atom stereocenters. The zero-order chi connectivity index (χ0) is 27.5. The molecule has 2 aliphatic heterocycles. The van der Waals surface area contributed by atoms with Crippen LogP contribution in [0.1, 0.15) is 54.2 Å². The molecule has 37 heavy (non-hydrogen) atoms. The van der Waals surface area contributed by atoms with Gasteiger partial charge in [-0.1, -0.05) is 37.0 Å². The number of nitrogens with zero attached hydrogens (tertiary/aromatic N) is 1. The number of carbonyl (C=O) groups excluding carboxylic acids is 1. The molecule has 2 heterocycles. The summed E-state index contributed by atoms with van der Waals surface area (Å²) in [4.78, 5) is 13.9. The highest BCUT2D eigenvalue weighted by molar-refractivity contribution is 7.91. The lowest BCUT2D eigenvalue weighted by molar-refractivity contribution is 0.102. The number of sulfone groups is 1. The summed E-state index contributed by atoms with van der Waals surface area (Å²) in [6, 6.07) is 5.47. The summed E-state index contributed by atoms with van der Waals surface area (Å²) >= 11 is 12.0. The number of rotatable bonds is 6. The van der Waals surface area contributed by atoms with E-state index in [-0.39, 0.29) is 43.6 Å². The van der Waals surface area contributed by atoms with Gasteiger partial charge in [0.15, 0.2) is 15.6 Å². The average Bonchev–Trinajstić information content (AvgIpc) is 3.19. The third-order valence-electron chi connectivity index (χ3n) is 6.85. The number of aryl methyl sites for hydroxylation is 1. The summed E-state index contributed by atoms with van der Waals surface area (Å²) < 4.78 is 57.6. The Labute approximate surface area is 227 Å². The average molecular weight is 588 g/mol. The van der Waals surface area contributed by atoms with Gasteiger partial charge in [0.1, 0.15) is 4.90 Å². The minimum Gasteiger partial charge on any atom is -0.358 e. The van der Waals surface area contributed by atoms with Crippen LogP contribution in [0.3, 0.4) is 0 Å². The van der Waals surface area contributed by atoms with E-state index in [1.54, 1.807) is 26.8 Å². The van der Waals surface area contributed by atoms with Crippen molar-refractivity contribution in [1.29, 1.82) is 0 Å². The number of hydrazine groups is 1. The van der Waals surface area contributed by atoms with Crippen molar-refractivity contribution in [2.75, 3.05) is 18.8 Å². The van der Waals surface area contributed by atoms with Gasteiger partial charge in [-0.05, 0) is 73.6 Å². The zero-order valence-corrected chi connectivity index (χ0v) is 24.3. The quantitative estimate of drug-likeness (QED) is 0.383. The fraction of sp³-hybridized carbons (Fsp3) is 0.400. The third kappa shape index (κ3) is 4.90. The largest absolute Gasteiger partial charge is 0.358 e. The molecule has 2 aromatic carbocycles. The highest BCUT2D eigenvalue weighted by atomic mass is 35.5. The molecule has 0 bridgehead atoms. The first kappa shape index (κ1) is 27.9. The van der Waals surface area contributed by atoms with Crippen molar-refractivity contribution in [3.63, 3.8) is 0 Å². The lowest BCUT2D eigenvalue weighted by Gasteiger charge is -2.35. The number of hydrogen-bond donors (Lipinski definition) is 1. The molecule has 200 valence electrons. The van der Waals surface area contributed by atoms with Crippen LogP contribution in [-0.2, 0) is 29.6 Å². The second-order valence-corrected chi connectivity index (χ2v) is 14.2. The van der Waals surface area contributed by atoms with Gasteiger partial charge >= 0.3 is 10.1 Å². The minimum absolute atomic E-state index is 0.0309. The lowest BCUT2D eigenvalue weighted by atomic mass is 9.76. The molecule has 0 amide bonds. The van der Waals surface area contributed by atoms with Crippen molar-refractivity contribution in [2.45, 2.75) is 56.2 Å². The molecule has 8 nitrogen and oxygen atoms in total. The van der Waals surface area contributed by atoms with Gasteiger partial charge in [0, 0.05) is 23.7 Å². The highest BCUT2D eigenvalue weighted by Crippen LogP contribution is 2.43. The number of nitrogens with one attached hydrogen (secondary N) is 1. The Bertz CT molecular complexity index is 1560. The summed E-state index contributed by atoms with van der Waals surface area (Å²) in [5.41, 5.74) is 4.60. The molecular weight excluding hydrogens is 559 g/mol. The molecular formula is C25H28Cl2N2O6S2. The number of fused-ring (bicyclic) bond motifs is 1.